The van der Waals surface area contributed by atoms with Gasteiger partial charge in [-0.2, -0.15) is 0 Å². The molecule has 35 heavy (non-hydrogen) atoms. The molecule has 0 radical (unpaired) electrons. The van der Waals surface area contributed by atoms with Crippen LogP contribution < -0.4 is 10.0 Å². The van der Waals surface area contributed by atoms with Crippen molar-refractivity contribution < 1.29 is 17.6 Å². The van der Waals surface area contributed by atoms with Crippen LogP contribution in [0.1, 0.15) is 36.2 Å². The van der Waals surface area contributed by atoms with E-state index in [-0.39, 0.29) is 29.1 Å². The molecular weight excluding hydrogens is 467 g/mol. The molecule has 1 aromatic heterocycles. The minimum atomic E-state index is -3.48. The number of benzene rings is 3. The first-order valence-corrected chi connectivity index (χ1v) is 13.0. The van der Waals surface area contributed by atoms with Crippen LogP contribution >= 0.6 is 0 Å². The van der Waals surface area contributed by atoms with E-state index in [9.17, 15) is 17.6 Å². The lowest BCUT2D eigenvalue weighted by atomic mass is 10.1. The Kier molecular flexibility index (Phi) is 6.36. The van der Waals surface area contributed by atoms with Crippen molar-refractivity contribution in [3.05, 3.63) is 89.5 Å². The number of amides is 1. The number of H-pyrrole nitrogens is 1. The maximum atomic E-state index is 13.9. The number of carbonyl (C=O) groups is 1. The topological polar surface area (TPSA) is 104 Å². The number of nitrogens with one attached hydrogen (secondary N) is 3. The second-order valence-electron chi connectivity index (χ2n) is 8.77. The van der Waals surface area contributed by atoms with Crippen LogP contribution in [0.15, 0.2) is 71.6 Å². The van der Waals surface area contributed by atoms with Crippen LogP contribution in [-0.4, -0.2) is 30.3 Å². The van der Waals surface area contributed by atoms with Gasteiger partial charge in [0.15, 0.2) is 0 Å². The Labute approximate surface area is 202 Å². The summed E-state index contributed by atoms with van der Waals surface area (Å²) in [7, 11) is -3.48. The fourth-order valence-corrected chi connectivity index (χ4v) is 5.16. The quantitative estimate of drug-likeness (QED) is 0.324. The number of aromatic amines is 1. The lowest BCUT2D eigenvalue weighted by molar-refractivity contribution is -0.116. The molecule has 0 aliphatic heterocycles. The van der Waals surface area contributed by atoms with E-state index in [4.69, 9.17) is 0 Å². The number of sulfonamides is 1. The van der Waals surface area contributed by atoms with Crippen molar-refractivity contribution in [1.29, 1.82) is 0 Å². The normalized spacial score (nSPS) is 13.7. The minimum Gasteiger partial charge on any atom is -0.342 e. The first kappa shape index (κ1) is 23.2. The summed E-state index contributed by atoms with van der Waals surface area (Å²) < 4.78 is 41.1. The van der Waals surface area contributed by atoms with Gasteiger partial charge in [0.1, 0.15) is 11.6 Å². The van der Waals surface area contributed by atoms with Crippen molar-refractivity contribution in [2.24, 2.45) is 0 Å². The number of rotatable bonds is 9. The third kappa shape index (κ3) is 5.75. The number of carbonyl (C=O) groups excluding carboxylic acids is 1. The summed E-state index contributed by atoms with van der Waals surface area (Å²) >= 11 is 0. The summed E-state index contributed by atoms with van der Waals surface area (Å²) in [6.07, 6.45) is 2.86. The molecule has 0 atom stereocenters. The maximum absolute atomic E-state index is 13.9. The number of anilines is 1. The molecule has 1 heterocycles. The zero-order valence-corrected chi connectivity index (χ0v) is 19.7. The molecule has 4 aromatic rings. The Balaban J connectivity index is 1.17. The fourth-order valence-electron chi connectivity index (χ4n) is 3.85. The Morgan fingerprint density at radius 3 is 2.57 bits per heavy atom. The lowest BCUT2D eigenvalue weighted by Gasteiger charge is -2.08. The molecule has 3 N–H and O–H groups in total. The standard InChI is InChI=1S/C26H25FN4O3S/c27-22-4-2-1-3-18(22)15-25-29-23-13-10-20(16-24(23)30-25)28-26(32)14-7-17-5-11-21(12-6-17)35(33,34)31-19-8-9-19/h1-6,10-13,16,19,31H,7-9,14-15H2,(H,28,32)(H,29,30). The first-order valence-electron chi connectivity index (χ1n) is 11.5. The van der Waals surface area contributed by atoms with Crippen LogP contribution in [0.5, 0.6) is 0 Å². The Hall–Kier alpha value is -3.56. The number of aryl methyl sites for hydroxylation is 1. The number of fused-ring (bicyclic) bond motifs is 1. The number of imidazole rings is 1. The van der Waals surface area contributed by atoms with Crippen molar-refractivity contribution in [3.63, 3.8) is 0 Å². The van der Waals surface area contributed by atoms with Gasteiger partial charge in [0.05, 0.1) is 15.9 Å². The van der Waals surface area contributed by atoms with E-state index in [1.807, 2.05) is 0 Å². The molecule has 0 spiro atoms. The Morgan fingerprint density at radius 2 is 1.83 bits per heavy atom. The Morgan fingerprint density at radius 1 is 1.06 bits per heavy atom. The summed E-state index contributed by atoms with van der Waals surface area (Å²) in [5.41, 5.74) is 3.57. The van der Waals surface area contributed by atoms with E-state index in [1.165, 1.54) is 6.07 Å². The van der Waals surface area contributed by atoms with Crippen LogP contribution in [0, 0.1) is 5.82 Å². The smallest absolute Gasteiger partial charge is 0.240 e. The first-order chi connectivity index (χ1) is 16.9. The molecule has 0 saturated heterocycles. The second-order valence-corrected chi connectivity index (χ2v) is 10.5. The molecule has 1 saturated carbocycles. The van der Waals surface area contributed by atoms with Gasteiger partial charge in [0.2, 0.25) is 15.9 Å². The minimum absolute atomic E-state index is 0.0581. The molecule has 180 valence electrons. The second kappa shape index (κ2) is 9.59. The maximum Gasteiger partial charge on any atom is 0.240 e. The molecule has 0 unspecified atom stereocenters. The van der Waals surface area contributed by atoms with Crippen molar-refractivity contribution >= 4 is 32.7 Å². The monoisotopic (exact) mass is 492 g/mol. The summed E-state index contributed by atoms with van der Waals surface area (Å²) in [5, 5.41) is 2.88. The highest BCUT2D eigenvalue weighted by molar-refractivity contribution is 7.89. The molecule has 1 amide bonds. The SMILES string of the molecule is O=C(CCc1ccc(S(=O)(=O)NC2CC2)cc1)Nc1ccc2nc(Cc3ccccc3F)[nH]c2c1. The third-order valence-corrected chi connectivity index (χ3v) is 7.44. The van der Waals surface area contributed by atoms with Gasteiger partial charge in [-0.15, -0.1) is 0 Å². The molecule has 5 rings (SSSR count). The zero-order chi connectivity index (χ0) is 24.4. The average Bonchev–Trinajstić information content (AvgIpc) is 3.55. The summed E-state index contributed by atoms with van der Waals surface area (Å²) in [6, 6.07) is 18.7. The molecular formula is C26H25FN4O3S. The molecule has 1 aliphatic carbocycles. The fraction of sp³-hybridized carbons (Fsp3) is 0.231. The van der Waals surface area contributed by atoms with Gasteiger partial charge in [-0.25, -0.2) is 22.5 Å². The van der Waals surface area contributed by atoms with Gasteiger partial charge in [-0.05, 0) is 66.8 Å². The highest BCUT2D eigenvalue weighted by Crippen LogP contribution is 2.23. The molecule has 7 nitrogen and oxygen atoms in total. The van der Waals surface area contributed by atoms with E-state index in [1.54, 1.807) is 60.7 Å². The average molecular weight is 493 g/mol. The largest absolute Gasteiger partial charge is 0.342 e. The van der Waals surface area contributed by atoms with E-state index < -0.39 is 10.0 Å². The van der Waals surface area contributed by atoms with Crippen LogP contribution in [0.3, 0.4) is 0 Å². The third-order valence-electron chi connectivity index (χ3n) is 5.90. The van der Waals surface area contributed by atoms with E-state index in [2.05, 4.69) is 20.0 Å². The number of nitrogens with zero attached hydrogens (tertiary/aromatic N) is 1. The van der Waals surface area contributed by atoms with Crippen molar-refractivity contribution in [2.75, 3.05) is 5.32 Å². The molecule has 1 fully saturated rings. The van der Waals surface area contributed by atoms with Crippen molar-refractivity contribution in [3.8, 4) is 0 Å². The number of hydrogen-bond donors (Lipinski definition) is 3. The van der Waals surface area contributed by atoms with Crippen LogP contribution in [0.2, 0.25) is 0 Å². The number of halogens is 1. The van der Waals surface area contributed by atoms with Crippen LogP contribution in [0.4, 0.5) is 10.1 Å². The van der Waals surface area contributed by atoms with E-state index in [0.717, 1.165) is 29.4 Å². The highest BCUT2D eigenvalue weighted by Gasteiger charge is 2.27. The van der Waals surface area contributed by atoms with Gasteiger partial charge in [0, 0.05) is 24.6 Å². The molecule has 1 aliphatic rings. The predicted octanol–water partition coefficient (Wildman–Crippen LogP) is 4.30. The van der Waals surface area contributed by atoms with Gasteiger partial charge < -0.3 is 10.3 Å². The van der Waals surface area contributed by atoms with Crippen LogP contribution in [-0.2, 0) is 27.7 Å². The lowest BCUT2D eigenvalue weighted by Crippen LogP contribution is -2.25. The van der Waals surface area contributed by atoms with E-state index >= 15 is 0 Å². The summed E-state index contributed by atoms with van der Waals surface area (Å²) in [5.74, 6) is 0.223. The predicted molar refractivity (Wildman–Crippen MR) is 132 cm³/mol. The molecule has 0 bridgehead atoms. The summed E-state index contributed by atoms with van der Waals surface area (Å²) in [4.78, 5) is 20.4. The van der Waals surface area contributed by atoms with Gasteiger partial charge >= 0.3 is 0 Å². The van der Waals surface area contributed by atoms with Gasteiger partial charge in [-0.1, -0.05) is 30.3 Å². The number of hydrogen-bond acceptors (Lipinski definition) is 4. The van der Waals surface area contributed by atoms with E-state index in [0.29, 0.717) is 29.9 Å². The van der Waals surface area contributed by atoms with Crippen LogP contribution in [0.25, 0.3) is 11.0 Å². The molecule has 3 aromatic carbocycles. The zero-order valence-electron chi connectivity index (χ0n) is 18.9. The van der Waals surface area contributed by atoms with Crippen molar-refractivity contribution in [2.45, 2.75) is 43.0 Å². The van der Waals surface area contributed by atoms with Gasteiger partial charge in [0.25, 0.3) is 0 Å². The number of aromatic nitrogens is 2. The Bertz CT molecular complexity index is 1480. The summed E-state index contributed by atoms with van der Waals surface area (Å²) in [6.45, 7) is 0. The van der Waals surface area contributed by atoms with Crippen molar-refractivity contribution in [1.82, 2.24) is 14.7 Å². The van der Waals surface area contributed by atoms with Gasteiger partial charge in [-0.3, -0.25) is 4.79 Å². The molecule has 9 heteroatoms. The highest BCUT2D eigenvalue weighted by atomic mass is 32.2.